The molecular formula is C42H31N. The molecule has 0 aliphatic heterocycles. The molecule has 1 N–H and O–H groups in total. The van der Waals surface area contributed by atoms with E-state index in [1.54, 1.807) is 0 Å². The van der Waals surface area contributed by atoms with Gasteiger partial charge >= 0.3 is 0 Å². The van der Waals surface area contributed by atoms with Crippen LogP contribution in [0.5, 0.6) is 0 Å². The zero-order chi connectivity index (χ0) is 28.6. The minimum absolute atomic E-state index is 0.271. The quantitative estimate of drug-likeness (QED) is 0.211. The highest BCUT2D eigenvalue weighted by molar-refractivity contribution is 6.28. The Morgan fingerprint density at radius 3 is 1.72 bits per heavy atom. The first-order valence-electron chi connectivity index (χ1n) is 15.1. The summed E-state index contributed by atoms with van der Waals surface area (Å²) in [5.41, 5.74) is 8.67. The van der Waals surface area contributed by atoms with Gasteiger partial charge in [-0.3, -0.25) is 0 Å². The van der Waals surface area contributed by atoms with Crippen molar-refractivity contribution in [3.05, 3.63) is 169 Å². The molecule has 0 heterocycles. The number of rotatable bonds is 5. The standard InChI is InChI=1S/C42H31N/c1-2-10-29(11-3-1)30-20-24-34(25-21-30)43-35-26-22-31(23-27-35)32-12-8-13-33(28-32)36-18-9-19-41-39-15-5-4-14-37(39)38-16-6-7-17-40(38)42(36)41/h1-26,28,35,43H,27H2. The minimum Gasteiger partial charge on any atom is -0.379 e. The molecule has 43 heavy (non-hydrogen) atoms. The highest BCUT2D eigenvalue weighted by atomic mass is 14.9. The van der Waals surface area contributed by atoms with Crippen molar-refractivity contribution in [2.45, 2.75) is 12.5 Å². The third-order valence-electron chi connectivity index (χ3n) is 8.72. The normalized spacial score (nSPS) is 14.7. The highest BCUT2D eigenvalue weighted by Crippen LogP contribution is 2.40. The molecule has 0 amide bonds. The molecule has 1 atom stereocenters. The van der Waals surface area contributed by atoms with Crippen molar-refractivity contribution in [3.8, 4) is 22.3 Å². The summed E-state index contributed by atoms with van der Waals surface area (Å²) in [5.74, 6) is 0. The maximum atomic E-state index is 3.69. The van der Waals surface area contributed by atoms with Gasteiger partial charge in [-0.05, 0) is 90.3 Å². The summed E-state index contributed by atoms with van der Waals surface area (Å²) in [7, 11) is 0. The van der Waals surface area contributed by atoms with Gasteiger partial charge in [0.15, 0.2) is 0 Å². The van der Waals surface area contributed by atoms with E-state index in [0.717, 1.165) is 12.1 Å². The van der Waals surface area contributed by atoms with Crippen LogP contribution in [0, 0.1) is 0 Å². The van der Waals surface area contributed by atoms with Gasteiger partial charge in [-0.2, -0.15) is 0 Å². The Kier molecular flexibility index (Phi) is 6.35. The lowest BCUT2D eigenvalue weighted by molar-refractivity contribution is 0.886. The molecule has 0 saturated carbocycles. The average Bonchev–Trinajstić information content (AvgIpc) is 3.09. The van der Waals surface area contributed by atoms with Gasteiger partial charge in [-0.1, -0.05) is 146 Å². The van der Waals surface area contributed by atoms with Gasteiger partial charge in [0.25, 0.3) is 0 Å². The molecular weight excluding hydrogens is 518 g/mol. The zero-order valence-electron chi connectivity index (χ0n) is 23.9. The number of benzene rings is 7. The Balaban J connectivity index is 1.08. The van der Waals surface area contributed by atoms with Crippen LogP contribution in [0.4, 0.5) is 5.69 Å². The van der Waals surface area contributed by atoms with Gasteiger partial charge < -0.3 is 5.32 Å². The van der Waals surface area contributed by atoms with Crippen molar-refractivity contribution < 1.29 is 0 Å². The number of hydrogen-bond donors (Lipinski definition) is 1. The van der Waals surface area contributed by atoms with Crippen LogP contribution in [-0.4, -0.2) is 6.04 Å². The van der Waals surface area contributed by atoms with Gasteiger partial charge in [0.1, 0.15) is 0 Å². The number of hydrogen-bond acceptors (Lipinski definition) is 1. The van der Waals surface area contributed by atoms with E-state index in [-0.39, 0.29) is 6.04 Å². The average molecular weight is 550 g/mol. The van der Waals surface area contributed by atoms with Crippen LogP contribution in [0.25, 0.3) is 60.1 Å². The van der Waals surface area contributed by atoms with Crippen LogP contribution in [0.3, 0.4) is 0 Å². The first-order chi connectivity index (χ1) is 21.3. The molecule has 0 bridgehead atoms. The predicted molar refractivity (Wildman–Crippen MR) is 185 cm³/mol. The Morgan fingerprint density at radius 1 is 0.465 bits per heavy atom. The summed E-state index contributed by atoms with van der Waals surface area (Å²) in [4.78, 5) is 0. The molecule has 1 unspecified atom stereocenters. The van der Waals surface area contributed by atoms with Crippen molar-refractivity contribution in [3.63, 3.8) is 0 Å². The highest BCUT2D eigenvalue weighted by Gasteiger charge is 2.14. The SMILES string of the molecule is C1=CC(Nc2ccc(-c3ccccc3)cc2)CC=C1c1cccc(-c2cccc3c4ccccc4c4ccccc4c23)c1. The van der Waals surface area contributed by atoms with E-state index in [2.05, 4.69) is 169 Å². The summed E-state index contributed by atoms with van der Waals surface area (Å²) in [6, 6.07) is 52.9. The van der Waals surface area contributed by atoms with Gasteiger partial charge in [0.05, 0.1) is 0 Å². The maximum Gasteiger partial charge on any atom is 0.0482 e. The lowest BCUT2D eigenvalue weighted by atomic mass is 9.88. The van der Waals surface area contributed by atoms with Gasteiger partial charge in [0.2, 0.25) is 0 Å². The Bertz CT molecular complexity index is 2120. The lowest BCUT2D eigenvalue weighted by Gasteiger charge is -2.20. The molecule has 1 nitrogen and oxygen atoms in total. The molecule has 0 fully saturated rings. The van der Waals surface area contributed by atoms with E-state index in [1.807, 2.05) is 0 Å². The largest absolute Gasteiger partial charge is 0.379 e. The summed E-state index contributed by atoms with van der Waals surface area (Å²) < 4.78 is 0. The number of allylic oxidation sites excluding steroid dienone is 2. The molecule has 204 valence electrons. The van der Waals surface area contributed by atoms with Gasteiger partial charge in [0, 0.05) is 11.7 Å². The summed E-state index contributed by atoms with van der Waals surface area (Å²) >= 11 is 0. The van der Waals surface area contributed by atoms with Crippen LogP contribution < -0.4 is 5.32 Å². The molecule has 0 radical (unpaired) electrons. The van der Waals surface area contributed by atoms with E-state index in [4.69, 9.17) is 0 Å². The van der Waals surface area contributed by atoms with Crippen LogP contribution >= 0.6 is 0 Å². The summed E-state index contributed by atoms with van der Waals surface area (Å²) in [6.45, 7) is 0. The van der Waals surface area contributed by atoms with Crippen molar-refractivity contribution in [2.24, 2.45) is 0 Å². The molecule has 1 aliphatic rings. The first-order valence-corrected chi connectivity index (χ1v) is 15.1. The van der Waals surface area contributed by atoms with Gasteiger partial charge in [-0.15, -0.1) is 0 Å². The molecule has 8 rings (SSSR count). The molecule has 1 heteroatoms. The first kappa shape index (κ1) is 25.3. The van der Waals surface area contributed by atoms with Crippen LogP contribution in [0.2, 0.25) is 0 Å². The number of nitrogens with one attached hydrogen (secondary N) is 1. The van der Waals surface area contributed by atoms with Crippen LogP contribution in [0.1, 0.15) is 12.0 Å². The topological polar surface area (TPSA) is 12.0 Å². The molecule has 0 saturated heterocycles. The molecule has 1 aliphatic carbocycles. The zero-order valence-corrected chi connectivity index (χ0v) is 23.9. The Labute approximate surface area is 252 Å². The molecule has 7 aromatic rings. The number of fused-ring (bicyclic) bond motifs is 6. The Morgan fingerprint density at radius 2 is 1.02 bits per heavy atom. The van der Waals surface area contributed by atoms with Crippen LogP contribution in [0.15, 0.2) is 164 Å². The molecule has 0 spiro atoms. The van der Waals surface area contributed by atoms with Crippen molar-refractivity contribution in [1.82, 2.24) is 0 Å². The summed E-state index contributed by atoms with van der Waals surface area (Å²) in [5, 5.41) is 11.5. The third-order valence-corrected chi connectivity index (χ3v) is 8.72. The fraction of sp³-hybridized carbons (Fsp3) is 0.0476. The second-order valence-corrected chi connectivity index (χ2v) is 11.3. The fourth-order valence-corrected chi connectivity index (χ4v) is 6.61. The second-order valence-electron chi connectivity index (χ2n) is 11.3. The van der Waals surface area contributed by atoms with Gasteiger partial charge in [-0.25, -0.2) is 0 Å². The third kappa shape index (κ3) is 4.70. The summed E-state index contributed by atoms with van der Waals surface area (Å²) in [6.07, 6.45) is 7.87. The smallest absolute Gasteiger partial charge is 0.0482 e. The van der Waals surface area contributed by atoms with Crippen molar-refractivity contribution in [1.29, 1.82) is 0 Å². The van der Waals surface area contributed by atoms with E-state index in [1.165, 1.54) is 65.7 Å². The van der Waals surface area contributed by atoms with Crippen molar-refractivity contribution in [2.75, 3.05) is 5.32 Å². The fourth-order valence-electron chi connectivity index (χ4n) is 6.61. The molecule has 0 aromatic heterocycles. The van der Waals surface area contributed by atoms with E-state index in [9.17, 15) is 0 Å². The van der Waals surface area contributed by atoms with Crippen LogP contribution in [-0.2, 0) is 0 Å². The second kappa shape index (κ2) is 10.8. The Hall–Kier alpha value is -5.40. The van der Waals surface area contributed by atoms with E-state index < -0.39 is 0 Å². The van der Waals surface area contributed by atoms with E-state index >= 15 is 0 Å². The molecule has 7 aromatic carbocycles. The van der Waals surface area contributed by atoms with E-state index in [0.29, 0.717) is 0 Å². The maximum absolute atomic E-state index is 3.69. The monoisotopic (exact) mass is 549 g/mol. The van der Waals surface area contributed by atoms with Crippen molar-refractivity contribution >= 4 is 43.6 Å². The number of anilines is 1. The lowest BCUT2D eigenvalue weighted by Crippen LogP contribution is -2.17. The predicted octanol–water partition coefficient (Wildman–Crippen LogP) is 11.3. The minimum atomic E-state index is 0.271.